The molecule has 0 bridgehead atoms. The second-order valence-corrected chi connectivity index (χ2v) is 3.08. The summed E-state index contributed by atoms with van der Waals surface area (Å²) in [6, 6.07) is 0. The molecule has 1 heterocycles. The number of carbonyl (C=O) groups is 1. The van der Waals surface area contributed by atoms with E-state index in [9.17, 15) is 4.79 Å². The van der Waals surface area contributed by atoms with E-state index in [-0.39, 0.29) is 5.97 Å². The van der Waals surface area contributed by atoms with Crippen molar-refractivity contribution in [3.8, 4) is 0 Å². The summed E-state index contributed by atoms with van der Waals surface area (Å²) in [5.74, 6) is -0.295. The summed E-state index contributed by atoms with van der Waals surface area (Å²) in [6.45, 7) is 2.19. The molecular formula is C10H15N3O2. The van der Waals surface area contributed by atoms with Gasteiger partial charge in [0, 0.05) is 19.3 Å². The number of hydrogen-bond acceptors (Lipinski definition) is 4. The van der Waals surface area contributed by atoms with Crippen molar-refractivity contribution in [3.05, 3.63) is 24.0 Å². The van der Waals surface area contributed by atoms with Gasteiger partial charge in [-0.2, -0.15) is 0 Å². The van der Waals surface area contributed by atoms with Crippen molar-refractivity contribution >= 4 is 5.97 Å². The van der Waals surface area contributed by atoms with E-state index >= 15 is 0 Å². The topological polar surface area (TPSA) is 57.0 Å². The molecule has 0 fully saturated rings. The van der Waals surface area contributed by atoms with Crippen LogP contribution in [-0.4, -0.2) is 27.6 Å². The summed E-state index contributed by atoms with van der Waals surface area (Å²) in [7, 11) is 1.82. The molecule has 1 aromatic rings. The molecule has 1 rings (SSSR count). The summed E-state index contributed by atoms with van der Waals surface area (Å²) in [6.07, 6.45) is 6.63. The van der Waals surface area contributed by atoms with E-state index in [1.165, 1.54) is 6.08 Å². The third kappa shape index (κ3) is 4.39. The van der Waals surface area contributed by atoms with Crippen LogP contribution in [0.5, 0.6) is 0 Å². The molecule has 0 saturated carbocycles. The molecule has 0 aliphatic rings. The summed E-state index contributed by atoms with van der Waals surface area (Å²) >= 11 is 0. The minimum atomic E-state index is -0.295. The fourth-order valence-electron chi connectivity index (χ4n) is 1.11. The number of aromatic nitrogens is 3. The lowest BCUT2D eigenvalue weighted by Crippen LogP contribution is -1.98. The Morgan fingerprint density at radius 1 is 1.67 bits per heavy atom. The fraction of sp³-hybridized carbons (Fsp3) is 0.500. The van der Waals surface area contributed by atoms with Gasteiger partial charge in [-0.15, -0.1) is 5.10 Å². The molecule has 1 aromatic heterocycles. The van der Waals surface area contributed by atoms with E-state index in [4.69, 9.17) is 4.74 Å². The molecule has 0 amide bonds. The molecule has 0 aliphatic heterocycles. The minimum absolute atomic E-state index is 0.295. The SMILES string of the molecule is CCOC(=O)C=CCCc1cn(C)nn1. The molecule has 0 aliphatic carbocycles. The molecule has 0 N–H and O–H groups in total. The third-order valence-electron chi connectivity index (χ3n) is 1.76. The number of aryl methyl sites for hydroxylation is 2. The van der Waals surface area contributed by atoms with Crippen LogP contribution in [0, 0.1) is 0 Å². The van der Waals surface area contributed by atoms with Crippen LogP contribution in [0.15, 0.2) is 18.3 Å². The molecule has 0 unspecified atom stereocenters. The van der Waals surface area contributed by atoms with Crippen molar-refractivity contribution in [1.82, 2.24) is 15.0 Å². The zero-order chi connectivity index (χ0) is 11.1. The van der Waals surface area contributed by atoms with Crippen LogP contribution in [0.4, 0.5) is 0 Å². The predicted octanol–water partition coefficient (Wildman–Crippen LogP) is 0.867. The number of hydrogen-bond donors (Lipinski definition) is 0. The summed E-state index contributed by atoms with van der Waals surface area (Å²) in [5.41, 5.74) is 0.922. The van der Waals surface area contributed by atoms with Gasteiger partial charge in [0.1, 0.15) is 0 Å². The van der Waals surface area contributed by atoms with Crippen LogP contribution in [0.25, 0.3) is 0 Å². The maximum atomic E-state index is 10.9. The molecule has 5 nitrogen and oxygen atoms in total. The van der Waals surface area contributed by atoms with E-state index in [0.29, 0.717) is 6.61 Å². The Morgan fingerprint density at radius 3 is 3.07 bits per heavy atom. The van der Waals surface area contributed by atoms with Gasteiger partial charge in [-0.3, -0.25) is 4.68 Å². The van der Waals surface area contributed by atoms with Crippen LogP contribution in [-0.2, 0) is 23.0 Å². The van der Waals surface area contributed by atoms with Gasteiger partial charge in [0.25, 0.3) is 0 Å². The highest BCUT2D eigenvalue weighted by molar-refractivity contribution is 5.81. The molecular weight excluding hydrogens is 194 g/mol. The van der Waals surface area contributed by atoms with Crippen LogP contribution in [0.2, 0.25) is 0 Å². The zero-order valence-electron chi connectivity index (χ0n) is 9.01. The maximum Gasteiger partial charge on any atom is 0.330 e. The van der Waals surface area contributed by atoms with E-state index in [2.05, 4.69) is 10.3 Å². The number of esters is 1. The Labute approximate surface area is 88.7 Å². The first-order valence-electron chi connectivity index (χ1n) is 4.91. The van der Waals surface area contributed by atoms with Crippen LogP contribution in [0.1, 0.15) is 19.0 Å². The normalized spacial score (nSPS) is 10.8. The Balaban J connectivity index is 2.24. The van der Waals surface area contributed by atoms with Gasteiger partial charge >= 0.3 is 5.97 Å². The molecule has 5 heteroatoms. The van der Waals surface area contributed by atoms with Crippen molar-refractivity contribution in [3.63, 3.8) is 0 Å². The molecule has 0 atom stereocenters. The Bertz CT molecular complexity index is 344. The monoisotopic (exact) mass is 209 g/mol. The summed E-state index contributed by atoms with van der Waals surface area (Å²) in [5, 5.41) is 7.74. The zero-order valence-corrected chi connectivity index (χ0v) is 9.01. The highest BCUT2D eigenvalue weighted by Gasteiger charge is 1.96. The number of rotatable bonds is 5. The van der Waals surface area contributed by atoms with Crippen molar-refractivity contribution < 1.29 is 9.53 Å². The number of nitrogens with zero attached hydrogens (tertiary/aromatic N) is 3. The first kappa shape index (κ1) is 11.4. The number of allylic oxidation sites excluding steroid dienone is 1. The maximum absolute atomic E-state index is 10.9. The molecule has 0 spiro atoms. The average Bonchev–Trinajstić information content (AvgIpc) is 2.60. The second-order valence-electron chi connectivity index (χ2n) is 3.08. The highest BCUT2D eigenvalue weighted by Crippen LogP contribution is 1.98. The Morgan fingerprint density at radius 2 is 2.47 bits per heavy atom. The van der Waals surface area contributed by atoms with Crippen molar-refractivity contribution in [2.45, 2.75) is 19.8 Å². The van der Waals surface area contributed by atoms with Gasteiger partial charge in [0.2, 0.25) is 0 Å². The van der Waals surface area contributed by atoms with Crippen molar-refractivity contribution in [1.29, 1.82) is 0 Å². The lowest BCUT2D eigenvalue weighted by Gasteiger charge is -1.94. The molecule has 0 saturated heterocycles. The Hall–Kier alpha value is -1.65. The average molecular weight is 209 g/mol. The van der Waals surface area contributed by atoms with E-state index < -0.39 is 0 Å². The van der Waals surface area contributed by atoms with Crippen LogP contribution < -0.4 is 0 Å². The molecule has 0 radical (unpaired) electrons. The summed E-state index contributed by atoms with van der Waals surface area (Å²) < 4.78 is 6.40. The first-order valence-corrected chi connectivity index (χ1v) is 4.91. The Kier molecular flexibility index (Phi) is 4.53. The van der Waals surface area contributed by atoms with Gasteiger partial charge in [-0.1, -0.05) is 11.3 Å². The third-order valence-corrected chi connectivity index (χ3v) is 1.76. The fourth-order valence-corrected chi connectivity index (χ4v) is 1.11. The molecule has 15 heavy (non-hydrogen) atoms. The number of carbonyl (C=O) groups excluding carboxylic acids is 1. The smallest absolute Gasteiger partial charge is 0.330 e. The van der Waals surface area contributed by atoms with E-state index in [1.54, 1.807) is 17.7 Å². The van der Waals surface area contributed by atoms with Gasteiger partial charge in [-0.25, -0.2) is 4.79 Å². The lowest BCUT2D eigenvalue weighted by molar-refractivity contribution is -0.137. The minimum Gasteiger partial charge on any atom is -0.463 e. The molecule has 82 valence electrons. The van der Waals surface area contributed by atoms with E-state index in [0.717, 1.165) is 18.5 Å². The highest BCUT2D eigenvalue weighted by atomic mass is 16.5. The van der Waals surface area contributed by atoms with Gasteiger partial charge < -0.3 is 4.74 Å². The standard InChI is InChI=1S/C10H15N3O2/c1-3-15-10(14)7-5-4-6-9-8-13(2)12-11-9/h5,7-8H,3-4,6H2,1-2H3. The predicted molar refractivity (Wildman–Crippen MR) is 55.1 cm³/mol. The van der Waals surface area contributed by atoms with Crippen molar-refractivity contribution in [2.24, 2.45) is 7.05 Å². The lowest BCUT2D eigenvalue weighted by atomic mass is 10.2. The van der Waals surface area contributed by atoms with Gasteiger partial charge in [-0.05, 0) is 19.8 Å². The van der Waals surface area contributed by atoms with E-state index in [1.807, 2.05) is 13.2 Å². The molecule has 0 aromatic carbocycles. The largest absolute Gasteiger partial charge is 0.463 e. The van der Waals surface area contributed by atoms with Crippen molar-refractivity contribution in [2.75, 3.05) is 6.61 Å². The number of ether oxygens (including phenoxy) is 1. The first-order chi connectivity index (χ1) is 7.22. The van der Waals surface area contributed by atoms with Gasteiger partial charge in [0.15, 0.2) is 0 Å². The quantitative estimate of drug-likeness (QED) is 0.533. The van der Waals surface area contributed by atoms with Crippen LogP contribution >= 0.6 is 0 Å². The summed E-state index contributed by atoms with van der Waals surface area (Å²) in [4.78, 5) is 10.9. The van der Waals surface area contributed by atoms with Crippen LogP contribution in [0.3, 0.4) is 0 Å². The van der Waals surface area contributed by atoms with Gasteiger partial charge in [0.05, 0.1) is 12.3 Å². The second kappa shape index (κ2) is 5.95.